The molecule has 0 bridgehead atoms. The number of nitrogens with one attached hydrogen (secondary N) is 1. The number of pyridine rings is 1. The highest BCUT2D eigenvalue weighted by atomic mass is 16.6. The first-order valence-corrected chi connectivity index (χ1v) is 6.39. The van der Waals surface area contributed by atoms with Crippen LogP contribution < -0.4 is 5.32 Å². The summed E-state index contributed by atoms with van der Waals surface area (Å²) in [7, 11) is 0. The Hall–Kier alpha value is -2.11. The van der Waals surface area contributed by atoms with Crippen LogP contribution in [0.1, 0.15) is 32.8 Å². The summed E-state index contributed by atoms with van der Waals surface area (Å²) >= 11 is 0. The number of aromatic nitrogens is 1. The van der Waals surface area contributed by atoms with Crippen molar-refractivity contribution in [1.29, 1.82) is 0 Å². The molecule has 0 aliphatic heterocycles. The smallest absolute Gasteiger partial charge is 0.408 e. The SMILES string of the molecule is CC(C)(C)OC(=O)N[C@H](CCc1ccncc1)C(=O)O. The second-order valence-electron chi connectivity index (χ2n) is 5.43. The monoisotopic (exact) mass is 280 g/mol. The van der Waals surface area contributed by atoms with Crippen molar-refractivity contribution in [2.75, 3.05) is 0 Å². The lowest BCUT2D eigenvalue weighted by Gasteiger charge is -2.22. The number of nitrogens with zero attached hydrogens (tertiary/aromatic N) is 1. The van der Waals surface area contributed by atoms with Gasteiger partial charge in [-0.15, -0.1) is 0 Å². The van der Waals surface area contributed by atoms with E-state index in [1.807, 2.05) is 12.1 Å². The third-order valence-electron chi connectivity index (χ3n) is 2.46. The predicted molar refractivity (Wildman–Crippen MR) is 73.4 cm³/mol. The van der Waals surface area contributed by atoms with Gasteiger partial charge in [0.15, 0.2) is 0 Å². The zero-order valence-corrected chi connectivity index (χ0v) is 11.9. The first kappa shape index (κ1) is 15.9. The molecule has 20 heavy (non-hydrogen) atoms. The minimum atomic E-state index is -1.08. The number of hydrogen-bond donors (Lipinski definition) is 2. The number of aryl methyl sites for hydroxylation is 1. The normalized spacial score (nSPS) is 12.6. The second-order valence-corrected chi connectivity index (χ2v) is 5.43. The van der Waals surface area contributed by atoms with E-state index in [-0.39, 0.29) is 0 Å². The quantitative estimate of drug-likeness (QED) is 0.861. The highest BCUT2D eigenvalue weighted by molar-refractivity contribution is 5.80. The fraction of sp³-hybridized carbons (Fsp3) is 0.500. The maximum atomic E-state index is 11.6. The third kappa shape index (κ3) is 6.17. The highest BCUT2D eigenvalue weighted by Crippen LogP contribution is 2.08. The van der Waals surface area contributed by atoms with Crippen LogP contribution >= 0.6 is 0 Å². The number of carboxylic acid groups (broad SMARTS) is 1. The third-order valence-corrected chi connectivity index (χ3v) is 2.46. The topological polar surface area (TPSA) is 88.5 Å². The lowest BCUT2D eigenvalue weighted by atomic mass is 10.1. The highest BCUT2D eigenvalue weighted by Gasteiger charge is 2.23. The van der Waals surface area contributed by atoms with Crippen molar-refractivity contribution in [2.24, 2.45) is 0 Å². The van der Waals surface area contributed by atoms with E-state index in [9.17, 15) is 9.59 Å². The lowest BCUT2D eigenvalue weighted by Crippen LogP contribution is -2.43. The van der Waals surface area contributed by atoms with Crippen LogP contribution in [0.2, 0.25) is 0 Å². The maximum Gasteiger partial charge on any atom is 0.408 e. The van der Waals surface area contributed by atoms with Crippen LogP contribution in [0.4, 0.5) is 4.79 Å². The summed E-state index contributed by atoms with van der Waals surface area (Å²) < 4.78 is 5.05. The molecular formula is C14H20N2O4. The Bertz CT molecular complexity index is 454. The molecule has 0 saturated heterocycles. The maximum absolute atomic E-state index is 11.6. The molecule has 1 atom stereocenters. The van der Waals surface area contributed by atoms with Gasteiger partial charge in [-0.25, -0.2) is 9.59 Å². The number of rotatable bonds is 5. The van der Waals surface area contributed by atoms with Crippen LogP contribution in [-0.4, -0.2) is 33.8 Å². The summed E-state index contributed by atoms with van der Waals surface area (Å²) in [6.07, 6.45) is 3.40. The Morgan fingerprint density at radius 1 is 1.35 bits per heavy atom. The Kier molecular flexibility index (Phi) is 5.49. The zero-order valence-electron chi connectivity index (χ0n) is 11.9. The molecule has 1 aromatic heterocycles. The van der Waals surface area contributed by atoms with Crippen molar-refractivity contribution in [3.63, 3.8) is 0 Å². The Morgan fingerprint density at radius 3 is 2.45 bits per heavy atom. The van der Waals surface area contributed by atoms with Crippen LogP contribution in [-0.2, 0) is 16.0 Å². The summed E-state index contributed by atoms with van der Waals surface area (Å²) in [5.41, 5.74) is 0.315. The second kappa shape index (κ2) is 6.88. The van der Waals surface area contributed by atoms with Gasteiger partial charge >= 0.3 is 12.1 Å². The van der Waals surface area contributed by atoms with Gasteiger partial charge in [-0.2, -0.15) is 0 Å². The lowest BCUT2D eigenvalue weighted by molar-refractivity contribution is -0.139. The molecule has 1 aromatic rings. The van der Waals surface area contributed by atoms with E-state index >= 15 is 0 Å². The van der Waals surface area contributed by atoms with E-state index in [0.717, 1.165) is 5.56 Å². The summed E-state index contributed by atoms with van der Waals surface area (Å²) in [5, 5.41) is 11.5. The number of alkyl carbamates (subject to hydrolysis) is 1. The molecule has 110 valence electrons. The van der Waals surface area contributed by atoms with E-state index in [4.69, 9.17) is 9.84 Å². The molecule has 1 heterocycles. The molecule has 0 fully saturated rings. The molecule has 0 aliphatic rings. The molecule has 1 rings (SSSR count). The first-order valence-electron chi connectivity index (χ1n) is 6.39. The molecule has 6 heteroatoms. The molecule has 0 radical (unpaired) electrons. The number of carboxylic acids is 1. The average molecular weight is 280 g/mol. The Labute approximate surface area is 118 Å². The zero-order chi connectivity index (χ0) is 15.2. The van der Waals surface area contributed by atoms with Crippen molar-refractivity contribution in [3.05, 3.63) is 30.1 Å². The largest absolute Gasteiger partial charge is 0.480 e. The van der Waals surface area contributed by atoms with Crippen LogP contribution in [0.25, 0.3) is 0 Å². The standard InChI is InChI=1S/C14H20N2O4/c1-14(2,3)20-13(19)16-11(12(17)18)5-4-10-6-8-15-9-7-10/h6-9,11H,4-5H2,1-3H3,(H,16,19)(H,17,18)/t11-/m1/s1. The van der Waals surface area contributed by atoms with Crippen molar-refractivity contribution in [3.8, 4) is 0 Å². The molecule has 2 N–H and O–H groups in total. The van der Waals surface area contributed by atoms with Crippen LogP contribution in [0.3, 0.4) is 0 Å². The number of ether oxygens (including phenoxy) is 1. The van der Waals surface area contributed by atoms with E-state index in [0.29, 0.717) is 12.8 Å². The summed E-state index contributed by atoms with van der Waals surface area (Å²) in [5.74, 6) is -1.08. The number of hydrogen-bond acceptors (Lipinski definition) is 4. The van der Waals surface area contributed by atoms with E-state index in [1.54, 1.807) is 33.2 Å². The molecule has 0 spiro atoms. The van der Waals surface area contributed by atoms with Crippen LogP contribution in [0.15, 0.2) is 24.5 Å². The van der Waals surface area contributed by atoms with Gasteiger partial charge in [-0.3, -0.25) is 4.98 Å². The van der Waals surface area contributed by atoms with E-state index in [2.05, 4.69) is 10.3 Å². The van der Waals surface area contributed by atoms with Crippen molar-refractivity contribution >= 4 is 12.1 Å². The van der Waals surface area contributed by atoms with Crippen LogP contribution in [0, 0.1) is 0 Å². The van der Waals surface area contributed by atoms with Crippen molar-refractivity contribution < 1.29 is 19.4 Å². The number of carbonyl (C=O) groups is 2. The fourth-order valence-electron chi connectivity index (χ4n) is 1.57. The Morgan fingerprint density at radius 2 is 1.95 bits per heavy atom. The number of amides is 1. The van der Waals surface area contributed by atoms with E-state index < -0.39 is 23.7 Å². The molecule has 6 nitrogen and oxygen atoms in total. The summed E-state index contributed by atoms with van der Waals surface area (Å²) in [6.45, 7) is 5.16. The number of carbonyl (C=O) groups excluding carboxylic acids is 1. The molecule has 0 aromatic carbocycles. The van der Waals surface area contributed by atoms with Crippen LogP contribution in [0.5, 0.6) is 0 Å². The van der Waals surface area contributed by atoms with Gasteiger partial charge in [0.2, 0.25) is 0 Å². The van der Waals surface area contributed by atoms with Gasteiger partial charge in [0.1, 0.15) is 11.6 Å². The minimum absolute atomic E-state index is 0.290. The average Bonchev–Trinajstić information content (AvgIpc) is 2.33. The fourth-order valence-corrected chi connectivity index (χ4v) is 1.57. The number of aliphatic carboxylic acids is 1. The van der Waals surface area contributed by atoms with Gasteiger partial charge in [-0.1, -0.05) is 0 Å². The summed E-state index contributed by atoms with van der Waals surface area (Å²) in [6, 6.07) is 2.65. The molecule has 0 aliphatic carbocycles. The predicted octanol–water partition coefficient (Wildman–Crippen LogP) is 1.99. The van der Waals surface area contributed by atoms with Gasteiger partial charge in [0, 0.05) is 12.4 Å². The van der Waals surface area contributed by atoms with Crippen molar-refractivity contribution in [2.45, 2.75) is 45.3 Å². The molecule has 0 unspecified atom stereocenters. The Balaban J connectivity index is 2.53. The molecular weight excluding hydrogens is 260 g/mol. The molecule has 1 amide bonds. The van der Waals surface area contributed by atoms with Gasteiger partial charge in [-0.05, 0) is 51.3 Å². The molecule has 0 saturated carbocycles. The first-order chi connectivity index (χ1) is 9.28. The van der Waals surface area contributed by atoms with E-state index in [1.165, 1.54) is 0 Å². The van der Waals surface area contributed by atoms with Crippen molar-refractivity contribution in [1.82, 2.24) is 10.3 Å². The van der Waals surface area contributed by atoms with Gasteiger partial charge in [0.25, 0.3) is 0 Å². The summed E-state index contributed by atoms with van der Waals surface area (Å²) in [4.78, 5) is 26.6. The minimum Gasteiger partial charge on any atom is -0.480 e. The van der Waals surface area contributed by atoms with Gasteiger partial charge < -0.3 is 15.2 Å². The van der Waals surface area contributed by atoms with Gasteiger partial charge in [0.05, 0.1) is 0 Å².